The average molecular weight is 563 g/mol. The molecule has 8 heteroatoms. The van der Waals surface area contributed by atoms with Gasteiger partial charge in [0.1, 0.15) is 29.4 Å². The zero-order chi connectivity index (χ0) is 22.2. The van der Waals surface area contributed by atoms with Gasteiger partial charge in [0.15, 0.2) is 0 Å². The van der Waals surface area contributed by atoms with Crippen LogP contribution in [0.5, 0.6) is 11.5 Å². The topological polar surface area (TPSA) is 61.1 Å². The van der Waals surface area contributed by atoms with E-state index >= 15 is 0 Å². The van der Waals surface area contributed by atoms with Crippen molar-refractivity contribution in [1.82, 2.24) is 4.90 Å². The fourth-order valence-corrected chi connectivity index (χ4v) is 5.54. The lowest BCUT2D eigenvalue weighted by Crippen LogP contribution is -2.39. The van der Waals surface area contributed by atoms with Crippen molar-refractivity contribution < 1.29 is 18.6 Å². The number of benzene rings is 2. The number of fused-ring (bicyclic) bond motifs is 2. The molecule has 2 aromatic carbocycles. The summed E-state index contributed by atoms with van der Waals surface area (Å²) in [5.74, 6) is 2.30. The number of aryl methyl sites for hydroxylation is 1. The summed E-state index contributed by atoms with van der Waals surface area (Å²) >= 11 is 7.22. The Balaban J connectivity index is 1.40. The van der Waals surface area contributed by atoms with Crippen molar-refractivity contribution in [2.24, 2.45) is 0 Å². The fraction of sp³-hybridized carbons (Fsp3) is 0.292. The summed E-state index contributed by atoms with van der Waals surface area (Å²) in [5, 5.41) is 0.896. The Morgan fingerprint density at radius 3 is 2.78 bits per heavy atom. The van der Waals surface area contributed by atoms with Crippen LogP contribution < -0.4 is 15.1 Å². The summed E-state index contributed by atoms with van der Waals surface area (Å²) in [6.45, 7) is 5.28. The van der Waals surface area contributed by atoms with E-state index in [0.29, 0.717) is 31.2 Å². The first-order valence-corrected chi connectivity index (χ1v) is 11.9. The molecule has 5 rings (SSSR count). The van der Waals surface area contributed by atoms with Crippen LogP contribution >= 0.6 is 31.9 Å². The van der Waals surface area contributed by atoms with Crippen molar-refractivity contribution in [3.63, 3.8) is 0 Å². The Bertz CT molecular complexity index is 1260. The molecule has 1 atom stereocenters. The van der Waals surface area contributed by atoms with E-state index in [4.69, 9.17) is 18.6 Å². The third kappa shape index (κ3) is 4.24. The second-order valence-electron chi connectivity index (χ2n) is 7.78. The van der Waals surface area contributed by atoms with Crippen molar-refractivity contribution in [2.75, 3.05) is 32.9 Å². The van der Waals surface area contributed by atoms with Gasteiger partial charge in [-0.05, 0) is 58.8 Å². The average Bonchev–Trinajstić information content (AvgIpc) is 3.12. The molecule has 0 aliphatic carbocycles. The fourth-order valence-electron chi connectivity index (χ4n) is 4.20. The minimum Gasteiger partial charge on any atom is -0.489 e. The maximum Gasteiger partial charge on any atom is 0.336 e. The molecule has 1 aromatic heterocycles. The Labute approximate surface area is 202 Å². The van der Waals surface area contributed by atoms with Gasteiger partial charge in [-0.2, -0.15) is 0 Å². The molecule has 6 nitrogen and oxygen atoms in total. The van der Waals surface area contributed by atoms with E-state index in [1.807, 2.05) is 31.2 Å². The molecular formula is C24H21Br2NO5. The standard InChI is InChI=1S/C24H21Br2NO5/c1-14-10-22(28)31-21-13-16(2-3-17(14)21)30-7-4-20-23(27-5-8-29-9-6-27)18-11-15(25)12-19(26)24(18)32-20/h2-4,10-13,23H,5-9H2,1H3/b20-4-/t23-/m0/s1. The maximum atomic E-state index is 11.7. The Morgan fingerprint density at radius 1 is 1.16 bits per heavy atom. The van der Waals surface area contributed by atoms with Gasteiger partial charge >= 0.3 is 5.63 Å². The third-order valence-electron chi connectivity index (χ3n) is 5.69. The lowest BCUT2D eigenvalue weighted by molar-refractivity contribution is 0.0206. The first-order valence-electron chi connectivity index (χ1n) is 10.4. The number of ether oxygens (including phenoxy) is 3. The Morgan fingerprint density at radius 2 is 1.97 bits per heavy atom. The summed E-state index contributed by atoms with van der Waals surface area (Å²) in [6, 6.07) is 11.1. The number of hydrogen-bond acceptors (Lipinski definition) is 6. The van der Waals surface area contributed by atoms with Crippen LogP contribution in [0, 0.1) is 6.92 Å². The largest absolute Gasteiger partial charge is 0.489 e. The van der Waals surface area contributed by atoms with Gasteiger partial charge in [0, 0.05) is 40.6 Å². The predicted molar refractivity (Wildman–Crippen MR) is 128 cm³/mol. The van der Waals surface area contributed by atoms with Crippen LogP contribution in [0.15, 0.2) is 66.4 Å². The van der Waals surface area contributed by atoms with Crippen molar-refractivity contribution >= 4 is 42.8 Å². The first kappa shape index (κ1) is 21.7. The van der Waals surface area contributed by atoms with Gasteiger partial charge in [0.25, 0.3) is 0 Å². The summed E-state index contributed by atoms with van der Waals surface area (Å²) < 4.78 is 25.0. The minimum atomic E-state index is -0.364. The highest BCUT2D eigenvalue weighted by atomic mass is 79.9. The third-order valence-corrected chi connectivity index (χ3v) is 6.74. The van der Waals surface area contributed by atoms with Crippen LogP contribution in [-0.4, -0.2) is 37.8 Å². The molecule has 0 N–H and O–H groups in total. The molecule has 3 heterocycles. The van der Waals surface area contributed by atoms with Gasteiger partial charge in [-0.1, -0.05) is 15.9 Å². The highest BCUT2D eigenvalue weighted by Gasteiger charge is 2.36. The Kier molecular flexibility index (Phi) is 6.11. The molecular weight excluding hydrogens is 542 g/mol. The quantitative estimate of drug-likeness (QED) is 0.399. The van der Waals surface area contributed by atoms with Crippen molar-refractivity contribution in [3.8, 4) is 11.5 Å². The number of halogens is 2. The number of nitrogens with zero attached hydrogens (tertiary/aromatic N) is 1. The molecule has 0 bridgehead atoms. The highest BCUT2D eigenvalue weighted by Crippen LogP contribution is 2.48. The SMILES string of the molecule is Cc1cc(=O)oc2cc(OC/C=C3\Oc4c(Br)cc(Br)cc4[C@@H]3N3CCOCC3)ccc12. The van der Waals surface area contributed by atoms with Crippen LogP contribution in [0.4, 0.5) is 0 Å². The maximum absolute atomic E-state index is 11.7. The molecule has 166 valence electrons. The number of rotatable bonds is 4. The molecule has 1 fully saturated rings. The first-order chi connectivity index (χ1) is 15.5. The van der Waals surface area contributed by atoms with Gasteiger partial charge in [0.2, 0.25) is 0 Å². The normalized spacial score (nSPS) is 19.8. The second kappa shape index (κ2) is 9.02. The van der Waals surface area contributed by atoms with Crippen LogP contribution in [0.25, 0.3) is 11.0 Å². The van der Waals surface area contributed by atoms with Gasteiger partial charge < -0.3 is 18.6 Å². The van der Waals surface area contributed by atoms with Crippen molar-refractivity contribution in [3.05, 3.63) is 78.7 Å². The van der Waals surface area contributed by atoms with Crippen LogP contribution in [-0.2, 0) is 4.74 Å². The van der Waals surface area contributed by atoms with Crippen molar-refractivity contribution in [2.45, 2.75) is 13.0 Å². The molecule has 1 saturated heterocycles. The second-order valence-corrected chi connectivity index (χ2v) is 9.55. The molecule has 32 heavy (non-hydrogen) atoms. The zero-order valence-electron chi connectivity index (χ0n) is 17.4. The molecule has 0 radical (unpaired) electrons. The highest BCUT2D eigenvalue weighted by molar-refractivity contribution is 9.11. The Hall–Kier alpha value is -2.13. The number of morpholine rings is 1. The molecule has 0 amide bonds. The van der Waals surface area contributed by atoms with E-state index in [9.17, 15) is 4.79 Å². The summed E-state index contributed by atoms with van der Waals surface area (Å²) in [5.41, 5.74) is 2.15. The summed E-state index contributed by atoms with van der Waals surface area (Å²) in [4.78, 5) is 14.1. The molecule has 3 aromatic rings. The number of hydrogen-bond donors (Lipinski definition) is 0. The smallest absolute Gasteiger partial charge is 0.336 e. The summed E-state index contributed by atoms with van der Waals surface area (Å²) in [6.07, 6.45) is 1.97. The van der Waals surface area contributed by atoms with Gasteiger partial charge in [-0.15, -0.1) is 0 Å². The lowest BCUT2D eigenvalue weighted by atomic mass is 10.0. The molecule has 0 spiro atoms. The monoisotopic (exact) mass is 561 g/mol. The van der Waals surface area contributed by atoms with Crippen LogP contribution in [0.2, 0.25) is 0 Å². The minimum absolute atomic E-state index is 0.00331. The summed E-state index contributed by atoms with van der Waals surface area (Å²) in [7, 11) is 0. The molecule has 0 saturated carbocycles. The van der Waals surface area contributed by atoms with E-state index in [0.717, 1.165) is 50.1 Å². The van der Waals surface area contributed by atoms with Gasteiger partial charge in [-0.3, -0.25) is 4.90 Å². The van der Waals surface area contributed by atoms with E-state index in [1.165, 1.54) is 6.07 Å². The van der Waals surface area contributed by atoms with E-state index in [1.54, 1.807) is 6.07 Å². The van der Waals surface area contributed by atoms with E-state index in [-0.39, 0.29) is 11.7 Å². The lowest BCUT2D eigenvalue weighted by Gasteiger charge is -2.32. The van der Waals surface area contributed by atoms with Crippen molar-refractivity contribution in [1.29, 1.82) is 0 Å². The predicted octanol–water partition coefficient (Wildman–Crippen LogP) is 5.36. The molecule has 2 aliphatic heterocycles. The molecule has 2 aliphatic rings. The van der Waals surface area contributed by atoms with Crippen LogP contribution in [0.3, 0.4) is 0 Å². The van der Waals surface area contributed by atoms with E-state index in [2.05, 4.69) is 42.8 Å². The van der Waals surface area contributed by atoms with E-state index < -0.39 is 0 Å². The van der Waals surface area contributed by atoms with Gasteiger partial charge in [0.05, 0.1) is 23.7 Å². The zero-order valence-corrected chi connectivity index (χ0v) is 20.6. The van der Waals surface area contributed by atoms with Crippen LogP contribution in [0.1, 0.15) is 17.2 Å². The molecule has 0 unspecified atom stereocenters. The van der Waals surface area contributed by atoms with Gasteiger partial charge in [-0.25, -0.2) is 4.79 Å².